The lowest BCUT2D eigenvalue weighted by Crippen LogP contribution is -2.39. The zero-order valence-corrected chi connectivity index (χ0v) is 14.5. The Morgan fingerprint density at radius 2 is 2.22 bits per heavy atom. The van der Waals surface area contributed by atoms with E-state index >= 15 is 0 Å². The van der Waals surface area contributed by atoms with E-state index < -0.39 is 0 Å². The first-order valence-electron chi connectivity index (χ1n) is 8.26. The van der Waals surface area contributed by atoms with Gasteiger partial charge in [0.25, 0.3) is 0 Å². The van der Waals surface area contributed by atoms with Gasteiger partial charge in [0, 0.05) is 26.8 Å². The molecule has 0 aliphatic carbocycles. The highest BCUT2D eigenvalue weighted by atomic mass is 16.5. The first kappa shape index (κ1) is 17.8. The molecule has 0 saturated carbocycles. The van der Waals surface area contributed by atoms with E-state index in [2.05, 4.69) is 11.0 Å². The van der Waals surface area contributed by atoms with Gasteiger partial charge in [-0.3, -0.25) is 9.69 Å². The van der Waals surface area contributed by atoms with E-state index in [4.69, 9.17) is 9.47 Å². The molecule has 0 N–H and O–H groups in total. The molecule has 0 spiro atoms. The second-order valence-electron chi connectivity index (χ2n) is 6.11. The third kappa shape index (κ3) is 4.94. The summed E-state index contributed by atoms with van der Waals surface area (Å²) >= 11 is 0. The minimum absolute atomic E-state index is 0.171. The lowest BCUT2D eigenvalue weighted by molar-refractivity contribution is -0.133. The van der Waals surface area contributed by atoms with Crippen LogP contribution in [-0.2, 0) is 9.53 Å². The van der Waals surface area contributed by atoms with Crippen molar-refractivity contribution in [3.05, 3.63) is 29.8 Å². The molecule has 1 aromatic rings. The van der Waals surface area contributed by atoms with E-state index in [1.807, 2.05) is 30.1 Å². The number of benzene rings is 1. The quantitative estimate of drug-likeness (QED) is 0.690. The lowest BCUT2D eigenvalue weighted by atomic mass is 10.0. The van der Waals surface area contributed by atoms with Crippen LogP contribution in [0, 0.1) is 0 Å². The molecule has 1 amide bonds. The molecule has 1 fully saturated rings. The molecule has 5 heteroatoms. The van der Waals surface area contributed by atoms with Crippen LogP contribution in [0.3, 0.4) is 0 Å². The van der Waals surface area contributed by atoms with Crippen LogP contribution in [0.4, 0.5) is 0 Å². The second kappa shape index (κ2) is 8.89. The van der Waals surface area contributed by atoms with Gasteiger partial charge in [-0.1, -0.05) is 12.1 Å². The van der Waals surface area contributed by atoms with E-state index in [0.29, 0.717) is 6.54 Å². The normalized spacial score (nSPS) is 17.7. The number of hydrogen-bond donors (Lipinski definition) is 0. The molecule has 1 unspecified atom stereocenters. The third-order valence-corrected chi connectivity index (χ3v) is 4.35. The largest absolute Gasteiger partial charge is 0.497 e. The van der Waals surface area contributed by atoms with Crippen LogP contribution >= 0.6 is 0 Å². The second-order valence-corrected chi connectivity index (χ2v) is 6.11. The molecule has 1 heterocycles. The Labute approximate surface area is 139 Å². The van der Waals surface area contributed by atoms with Crippen LogP contribution in [0.25, 0.3) is 0 Å². The summed E-state index contributed by atoms with van der Waals surface area (Å²) in [6.45, 7) is 2.91. The number of carbonyl (C=O) groups excluding carboxylic acids is 1. The van der Waals surface area contributed by atoms with Crippen LogP contribution in [0.2, 0.25) is 0 Å². The predicted octanol–water partition coefficient (Wildman–Crippen LogP) is 2.33. The molecule has 1 atom stereocenters. The number of amides is 1. The fraction of sp³-hybridized carbons (Fsp3) is 0.611. The average Bonchev–Trinajstić information content (AvgIpc) is 3.05. The molecule has 128 valence electrons. The Morgan fingerprint density at radius 1 is 1.39 bits per heavy atom. The molecule has 1 aliphatic heterocycles. The Bertz CT molecular complexity index is 507. The first-order chi connectivity index (χ1) is 11.2. The zero-order valence-electron chi connectivity index (χ0n) is 14.5. The van der Waals surface area contributed by atoms with Crippen LogP contribution in [-0.4, -0.2) is 63.2 Å². The summed E-state index contributed by atoms with van der Waals surface area (Å²) in [6.07, 6.45) is 3.02. The maximum absolute atomic E-state index is 12.6. The van der Waals surface area contributed by atoms with Crippen molar-refractivity contribution in [2.24, 2.45) is 0 Å². The summed E-state index contributed by atoms with van der Waals surface area (Å²) in [6, 6.07) is 8.23. The molecule has 5 nitrogen and oxygen atoms in total. The fourth-order valence-electron chi connectivity index (χ4n) is 3.14. The summed E-state index contributed by atoms with van der Waals surface area (Å²) in [5.74, 6) is 1.05. The van der Waals surface area contributed by atoms with Gasteiger partial charge in [-0.25, -0.2) is 0 Å². The van der Waals surface area contributed by atoms with Gasteiger partial charge < -0.3 is 14.4 Å². The summed E-state index contributed by atoms with van der Waals surface area (Å²) in [4.78, 5) is 16.7. The smallest absolute Gasteiger partial charge is 0.237 e. The predicted molar refractivity (Wildman–Crippen MR) is 90.7 cm³/mol. The van der Waals surface area contributed by atoms with E-state index in [1.165, 1.54) is 0 Å². The molecular formula is C18H28N2O3. The molecule has 0 radical (unpaired) electrons. The minimum Gasteiger partial charge on any atom is -0.497 e. The number of nitrogens with zero attached hydrogens (tertiary/aromatic N) is 2. The Hall–Kier alpha value is -1.59. The first-order valence-corrected chi connectivity index (χ1v) is 8.26. The SMILES string of the molecule is COCCCN(C)CC(=O)N1CCCC1c1cccc(OC)c1. The summed E-state index contributed by atoms with van der Waals surface area (Å²) in [5.41, 5.74) is 1.16. The highest BCUT2D eigenvalue weighted by Crippen LogP contribution is 2.33. The maximum Gasteiger partial charge on any atom is 0.237 e. The van der Waals surface area contributed by atoms with Gasteiger partial charge >= 0.3 is 0 Å². The van der Waals surface area contributed by atoms with Crippen LogP contribution in [0.15, 0.2) is 24.3 Å². The number of methoxy groups -OCH3 is 2. The van der Waals surface area contributed by atoms with Crippen molar-refractivity contribution in [3.63, 3.8) is 0 Å². The molecular weight excluding hydrogens is 292 g/mol. The Balaban J connectivity index is 1.96. The monoisotopic (exact) mass is 320 g/mol. The Morgan fingerprint density at radius 3 is 2.96 bits per heavy atom. The van der Waals surface area contributed by atoms with Gasteiger partial charge in [0.2, 0.25) is 5.91 Å². The highest BCUT2D eigenvalue weighted by molar-refractivity contribution is 5.79. The van der Waals surface area contributed by atoms with Gasteiger partial charge in [-0.2, -0.15) is 0 Å². The van der Waals surface area contributed by atoms with Crippen molar-refractivity contribution < 1.29 is 14.3 Å². The number of carbonyl (C=O) groups is 1. The van der Waals surface area contributed by atoms with Crippen molar-refractivity contribution in [3.8, 4) is 5.75 Å². The van der Waals surface area contributed by atoms with E-state index in [-0.39, 0.29) is 11.9 Å². The highest BCUT2D eigenvalue weighted by Gasteiger charge is 2.30. The number of likely N-dealkylation sites (N-methyl/N-ethyl adjacent to an activating group) is 1. The van der Waals surface area contributed by atoms with Gasteiger partial charge in [-0.15, -0.1) is 0 Å². The summed E-state index contributed by atoms with van der Waals surface area (Å²) in [7, 11) is 5.37. The standard InChI is InChI=1S/C18H28N2O3/c1-19(10-6-12-22-2)14-18(21)20-11-5-9-17(20)15-7-4-8-16(13-15)23-3/h4,7-8,13,17H,5-6,9-12,14H2,1-3H3. The lowest BCUT2D eigenvalue weighted by Gasteiger charge is -2.27. The summed E-state index contributed by atoms with van der Waals surface area (Å²) in [5, 5.41) is 0. The maximum atomic E-state index is 12.6. The van der Waals surface area contributed by atoms with Crippen molar-refractivity contribution in [2.45, 2.75) is 25.3 Å². The van der Waals surface area contributed by atoms with E-state index in [9.17, 15) is 4.79 Å². The molecule has 1 aromatic carbocycles. The van der Waals surface area contributed by atoms with Gasteiger partial charge in [-0.05, 0) is 44.0 Å². The van der Waals surface area contributed by atoms with Crippen molar-refractivity contribution >= 4 is 5.91 Å². The van der Waals surface area contributed by atoms with Gasteiger partial charge in [0.15, 0.2) is 0 Å². The van der Waals surface area contributed by atoms with Crippen molar-refractivity contribution in [2.75, 3.05) is 47.5 Å². The topological polar surface area (TPSA) is 42.0 Å². The number of rotatable bonds is 8. The van der Waals surface area contributed by atoms with Crippen LogP contribution < -0.4 is 4.74 Å². The van der Waals surface area contributed by atoms with Crippen molar-refractivity contribution in [1.29, 1.82) is 0 Å². The minimum atomic E-state index is 0.171. The number of hydrogen-bond acceptors (Lipinski definition) is 4. The molecule has 1 aliphatic rings. The zero-order chi connectivity index (χ0) is 16.7. The van der Waals surface area contributed by atoms with Gasteiger partial charge in [0.1, 0.15) is 5.75 Å². The molecule has 0 aromatic heterocycles. The number of ether oxygens (including phenoxy) is 2. The van der Waals surface area contributed by atoms with Crippen LogP contribution in [0.5, 0.6) is 5.75 Å². The molecule has 2 rings (SSSR count). The van der Waals surface area contributed by atoms with E-state index in [0.717, 1.165) is 50.3 Å². The van der Waals surface area contributed by atoms with Gasteiger partial charge in [0.05, 0.1) is 19.7 Å². The molecule has 23 heavy (non-hydrogen) atoms. The summed E-state index contributed by atoms with van der Waals surface area (Å²) < 4.78 is 10.4. The van der Waals surface area contributed by atoms with Crippen molar-refractivity contribution in [1.82, 2.24) is 9.80 Å². The Kier molecular flexibility index (Phi) is 6.86. The number of likely N-dealkylation sites (tertiary alicyclic amines) is 1. The van der Waals surface area contributed by atoms with Crippen LogP contribution in [0.1, 0.15) is 30.9 Å². The fourth-order valence-corrected chi connectivity index (χ4v) is 3.14. The van der Waals surface area contributed by atoms with E-state index in [1.54, 1.807) is 14.2 Å². The third-order valence-electron chi connectivity index (χ3n) is 4.35. The molecule has 0 bridgehead atoms. The average molecular weight is 320 g/mol. The molecule has 1 saturated heterocycles.